The van der Waals surface area contributed by atoms with Gasteiger partial charge in [-0.3, -0.25) is 9.59 Å². The summed E-state index contributed by atoms with van der Waals surface area (Å²) in [5, 5.41) is 8.02. The molecule has 0 aliphatic carbocycles. The molecule has 3 aliphatic heterocycles. The van der Waals surface area contributed by atoms with Crippen LogP contribution in [0.25, 0.3) is 5.52 Å². The second kappa shape index (κ2) is 7.31. The first-order chi connectivity index (χ1) is 15.9. The summed E-state index contributed by atoms with van der Waals surface area (Å²) >= 11 is 0. The van der Waals surface area contributed by atoms with E-state index < -0.39 is 29.5 Å². The highest BCUT2D eigenvalue weighted by molar-refractivity contribution is 5.99. The molecule has 33 heavy (non-hydrogen) atoms. The first-order valence-corrected chi connectivity index (χ1v) is 11.0. The molecule has 1 aromatic carbocycles. The number of aromatic nitrogens is 3. The van der Waals surface area contributed by atoms with Gasteiger partial charge in [0.2, 0.25) is 0 Å². The number of likely N-dealkylation sites (tertiary alicyclic amines) is 1. The number of carbonyl (C=O) groups is 2. The van der Waals surface area contributed by atoms with Gasteiger partial charge >= 0.3 is 0 Å². The standard InChI is InChI=1S/C23H21F2N5O3/c24-15-11-14(12-16(25)13-15)17-4-5-19-30(17)22(32)23(33-19)6-9-28(10-7-23)21(31)20-18-3-1-2-8-29(18)27-26-20/h1-3,8,11-13,17,19H,4-7,9-10H2. The summed E-state index contributed by atoms with van der Waals surface area (Å²) < 4.78 is 35.4. The number of benzene rings is 1. The van der Waals surface area contributed by atoms with Gasteiger partial charge in [0.15, 0.2) is 11.3 Å². The number of rotatable bonds is 2. The van der Waals surface area contributed by atoms with Crippen LogP contribution in [0.4, 0.5) is 8.78 Å². The lowest BCUT2D eigenvalue weighted by molar-refractivity contribution is -0.142. The van der Waals surface area contributed by atoms with Crippen LogP contribution in [-0.2, 0) is 9.53 Å². The Hall–Kier alpha value is -3.40. The number of pyridine rings is 1. The number of piperidine rings is 1. The van der Waals surface area contributed by atoms with Gasteiger partial charge in [0.1, 0.15) is 17.9 Å². The lowest BCUT2D eigenvalue weighted by atomic mass is 9.89. The van der Waals surface area contributed by atoms with Crippen molar-refractivity contribution in [2.24, 2.45) is 0 Å². The van der Waals surface area contributed by atoms with Gasteiger partial charge in [-0.1, -0.05) is 11.3 Å². The van der Waals surface area contributed by atoms with Crippen LogP contribution in [0.3, 0.4) is 0 Å². The van der Waals surface area contributed by atoms with Crippen molar-refractivity contribution in [1.82, 2.24) is 24.6 Å². The van der Waals surface area contributed by atoms with Gasteiger partial charge in [0, 0.05) is 38.2 Å². The van der Waals surface area contributed by atoms with Crippen LogP contribution >= 0.6 is 0 Å². The lowest BCUT2D eigenvalue weighted by Gasteiger charge is -2.37. The van der Waals surface area contributed by atoms with E-state index in [0.717, 1.165) is 6.07 Å². The van der Waals surface area contributed by atoms with Crippen LogP contribution in [-0.4, -0.2) is 61.4 Å². The van der Waals surface area contributed by atoms with E-state index in [-0.39, 0.29) is 17.5 Å². The van der Waals surface area contributed by atoms with E-state index in [0.29, 0.717) is 49.9 Å². The van der Waals surface area contributed by atoms with Crippen LogP contribution < -0.4 is 0 Å². The number of ether oxygens (including phenoxy) is 1. The van der Waals surface area contributed by atoms with Gasteiger partial charge in [-0.05, 0) is 42.7 Å². The molecule has 8 nitrogen and oxygen atoms in total. The minimum Gasteiger partial charge on any atom is -0.342 e. The highest BCUT2D eigenvalue weighted by Gasteiger charge is 2.58. The summed E-state index contributed by atoms with van der Waals surface area (Å²) in [6, 6.07) is 8.37. The van der Waals surface area contributed by atoms with Crippen molar-refractivity contribution in [2.75, 3.05) is 13.1 Å². The molecule has 170 valence electrons. The van der Waals surface area contributed by atoms with Crippen LogP contribution in [0, 0.1) is 11.6 Å². The quantitative estimate of drug-likeness (QED) is 0.596. The molecule has 0 bridgehead atoms. The number of halogens is 2. The van der Waals surface area contributed by atoms with Gasteiger partial charge in [-0.2, -0.15) is 0 Å². The first-order valence-electron chi connectivity index (χ1n) is 11.0. The Morgan fingerprint density at radius 2 is 1.85 bits per heavy atom. The van der Waals surface area contributed by atoms with Crippen LogP contribution in [0.2, 0.25) is 0 Å². The van der Waals surface area contributed by atoms with E-state index in [9.17, 15) is 18.4 Å². The summed E-state index contributed by atoms with van der Waals surface area (Å²) in [4.78, 5) is 29.8. The summed E-state index contributed by atoms with van der Waals surface area (Å²) in [7, 11) is 0. The number of hydrogen-bond acceptors (Lipinski definition) is 5. The number of fused-ring (bicyclic) bond motifs is 2. The summed E-state index contributed by atoms with van der Waals surface area (Å²) in [6.07, 6.45) is 3.20. The van der Waals surface area contributed by atoms with Crippen molar-refractivity contribution in [3.8, 4) is 0 Å². The zero-order chi connectivity index (χ0) is 22.7. The maximum Gasteiger partial charge on any atom is 0.276 e. The smallest absolute Gasteiger partial charge is 0.276 e. The molecule has 2 atom stereocenters. The Morgan fingerprint density at radius 1 is 1.09 bits per heavy atom. The zero-order valence-corrected chi connectivity index (χ0v) is 17.7. The first kappa shape index (κ1) is 20.2. The van der Waals surface area contributed by atoms with Crippen molar-refractivity contribution < 1.29 is 23.1 Å². The Bertz CT molecular complexity index is 1250. The van der Waals surface area contributed by atoms with Crippen molar-refractivity contribution in [1.29, 1.82) is 0 Å². The molecular formula is C23H21F2N5O3. The third kappa shape index (κ3) is 3.12. The van der Waals surface area contributed by atoms with E-state index in [4.69, 9.17) is 4.74 Å². The summed E-state index contributed by atoms with van der Waals surface area (Å²) in [5.41, 5.74) is 0.331. The third-order valence-corrected chi connectivity index (χ3v) is 6.97. The second-order valence-electron chi connectivity index (χ2n) is 8.84. The Morgan fingerprint density at radius 3 is 2.61 bits per heavy atom. The molecule has 3 fully saturated rings. The van der Waals surface area contributed by atoms with Gasteiger partial charge in [-0.25, -0.2) is 13.3 Å². The number of nitrogens with zero attached hydrogens (tertiary/aromatic N) is 5. The fourth-order valence-electron chi connectivity index (χ4n) is 5.36. The van der Waals surface area contributed by atoms with Crippen molar-refractivity contribution in [3.63, 3.8) is 0 Å². The monoisotopic (exact) mass is 453 g/mol. The predicted octanol–water partition coefficient (Wildman–Crippen LogP) is 2.70. The lowest BCUT2D eigenvalue weighted by Crippen LogP contribution is -2.51. The highest BCUT2D eigenvalue weighted by Crippen LogP contribution is 2.47. The largest absolute Gasteiger partial charge is 0.342 e. The van der Waals surface area contributed by atoms with Crippen LogP contribution in [0.15, 0.2) is 42.6 Å². The van der Waals surface area contributed by atoms with Gasteiger partial charge in [0.05, 0.1) is 11.6 Å². The van der Waals surface area contributed by atoms with E-state index >= 15 is 0 Å². The number of amides is 2. The molecule has 0 saturated carbocycles. The topological polar surface area (TPSA) is 80.0 Å². The average molecular weight is 453 g/mol. The fraction of sp³-hybridized carbons (Fsp3) is 0.391. The molecule has 2 aromatic heterocycles. The summed E-state index contributed by atoms with van der Waals surface area (Å²) in [6.45, 7) is 0.687. The molecule has 3 aliphatic rings. The molecule has 1 spiro atoms. The molecule has 0 N–H and O–H groups in total. The maximum atomic E-state index is 13.8. The molecule has 2 unspecified atom stereocenters. The maximum absolute atomic E-state index is 13.8. The molecule has 0 radical (unpaired) electrons. The molecular weight excluding hydrogens is 432 g/mol. The number of hydrogen-bond donors (Lipinski definition) is 0. The Balaban J connectivity index is 1.20. The summed E-state index contributed by atoms with van der Waals surface area (Å²) in [5.74, 6) is -1.72. The number of carbonyl (C=O) groups excluding carboxylic acids is 2. The van der Waals surface area contributed by atoms with E-state index in [2.05, 4.69) is 10.3 Å². The Labute approximate surface area is 187 Å². The minimum absolute atomic E-state index is 0.166. The van der Waals surface area contributed by atoms with Gasteiger partial charge < -0.3 is 14.5 Å². The molecule has 3 aromatic rings. The van der Waals surface area contributed by atoms with E-state index in [1.54, 1.807) is 32.6 Å². The SMILES string of the molecule is O=C(c1nnn2ccccc12)N1CCC2(CC1)OC1CCC(c3cc(F)cc(F)c3)N1C2=O. The Kier molecular flexibility index (Phi) is 4.48. The average Bonchev–Trinajstić information content (AvgIpc) is 3.48. The molecule has 3 saturated heterocycles. The van der Waals surface area contributed by atoms with E-state index in [1.165, 1.54) is 12.1 Å². The normalized spacial score (nSPS) is 24.1. The van der Waals surface area contributed by atoms with Gasteiger partial charge in [-0.15, -0.1) is 5.10 Å². The van der Waals surface area contributed by atoms with Crippen molar-refractivity contribution in [3.05, 3.63) is 65.5 Å². The van der Waals surface area contributed by atoms with Crippen molar-refractivity contribution >= 4 is 17.3 Å². The molecule has 5 heterocycles. The molecule has 6 rings (SSSR count). The van der Waals surface area contributed by atoms with Crippen LogP contribution in [0.1, 0.15) is 47.8 Å². The molecule has 10 heteroatoms. The minimum atomic E-state index is -1.01. The van der Waals surface area contributed by atoms with E-state index in [1.807, 2.05) is 6.07 Å². The zero-order valence-electron chi connectivity index (χ0n) is 17.7. The third-order valence-electron chi connectivity index (χ3n) is 6.97. The molecule has 2 amide bonds. The predicted molar refractivity (Wildman–Crippen MR) is 111 cm³/mol. The second-order valence-corrected chi connectivity index (χ2v) is 8.84. The highest BCUT2D eigenvalue weighted by atomic mass is 19.1. The van der Waals surface area contributed by atoms with Gasteiger partial charge in [0.25, 0.3) is 11.8 Å². The van der Waals surface area contributed by atoms with Crippen molar-refractivity contribution in [2.45, 2.75) is 43.6 Å². The fourth-order valence-corrected chi connectivity index (χ4v) is 5.36. The van der Waals surface area contributed by atoms with Crippen LogP contribution in [0.5, 0.6) is 0 Å².